The van der Waals surface area contributed by atoms with Crippen LogP contribution in [0.1, 0.15) is 24.3 Å². The van der Waals surface area contributed by atoms with Crippen LogP contribution in [0.4, 0.5) is 17.6 Å². The summed E-state index contributed by atoms with van der Waals surface area (Å²) in [6.45, 7) is 1.50. The molecule has 2 aromatic rings. The highest BCUT2D eigenvalue weighted by Crippen LogP contribution is 2.34. The van der Waals surface area contributed by atoms with E-state index in [0.717, 1.165) is 6.07 Å². The summed E-state index contributed by atoms with van der Waals surface area (Å²) in [7, 11) is 0. The van der Waals surface area contributed by atoms with E-state index in [4.69, 9.17) is 0 Å². The number of halogens is 4. The summed E-state index contributed by atoms with van der Waals surface area (Å²) in [5.41, 5.74) is -0.616. The fourth-order valence-corrected chi connectivity index (χ4v) is 1.75. The van der Waals surface area contributed by atoms with Crippen LogP contribution >= 0.6 is 0 Å². The SMILES string of the molecule is C[C@@H](O)c1cccc(-c2ccc(F)c(C(F)(F)F)c2)n1. The van der Waals surface area contributed by atoms with Gasteiger partial charge in [0.25, 0.3) is 0 Å². The van der Waals surface area contributed by atoms with Crippen molar-refractivity contribution in [3.05, 3.63) is 53.5 Å². The summed E-state index contributed by atoms with van der Waals surface area (Å²) in [6.07, 6.45) is -5.60. The second-order valence-corrected chi connectivity index (χ2v) is 4.32. The largest absolute Gasteiger partial charge is 0.419 e. The molecule has 20 heavy (non-hydrogen) atoms. The number of nitrogens with zero attached hydrogens (tertiary/aromatic N) is 1. The van der Waals surface area contributed by atoms with Gasteiger partial charge in [-0.3, -0.25) is 4.98 Å². The van der Waals surface area contributed by atoms with Gasteiger partial charge in [0.15, 0.2) is 0 Å². The van der Waals surface area contributed by atoms with Gasteiger partial charge in [-0.25, -0.2) is 4.39 Å². The van der Waals surface area contributed by atoms with Gasteiger partial charge >= 0.3 is 6.18 Å². The van der Waals surface area contributed by atoms with E-state index >= 15 is 0 Å². The molecule has 1 aromatic carbocycles. The molecule has 0 radical (unpaired) electrons. The molecule has 1 aromatic heterocycles. The Bertz CT molecular complexity index is 623. The highest BCUT2D eigenvalue weighted by Gasteiger charge is 2.34. The smallest absolute Gasteiger partial charge is 0.387 e. The molecule has 0 saturated heterocycles. The quantitative estimate of drug-likeness (QED) is 0.847. The van der Waals surface area contributed by atoms with Crippen LogP contribution < -0.4 is 0 Å². The number of hydrogen-bond acceptors (Lipinski definition) is 2. The van der Waals surface area contributed by atoms with Crippen molar-refractivity contribution in [2.75, 3.05) is 0 Å². The van der Waals surface area contributed by atoms with Gasteiger partial charge in [-0.05, 0) is 37.3 Å². The molecule has 0 fully saturated rings. The molecule has 1 atom stereocenters. The number of hydrogen-bond donors (Lipinski definition) is 1. The van der Waals surface area contributed by atoms with Crippen LogP contribution in [0.2, 0.25) is 0 Å². The van der Waals surface area contributed by atoms with Crippen molar-refractivity contribution in [2.24, 2.45) is 0 Å². The Morgan fingerprint density at radius 1 is 1.15 bits per heavy atom. The molecular weight excluding hydrogens is 274 g/mol. The predicted molar refractivity (Wildman–Crippen MR) is 65.3 cm³/mol. The Morgan fingerprint density at radius 2 is 1.85 bits per heavy atom. The van der Waals surface area contributed by atoms with Crippen LogP contribution in [0.3, 0.4) is 0 Å². The number of benzene rings is 1. The first-order valence-electron chi connectivity index (χ1n) is 5.81. The first kappa shape index (κ1) is 14.5. The second kappa shape index (κ2) is 5.20. The van der Waals surface area contributed by atoms with Gasteiger partial charge in [0, 0.05) is 5.56 Å². The molecule has 1 heterocycles. The van der Waals surface area contributed by atoms with E-state index in [1.165, 1.54) is 19.1 Å². The van der Waals surface area contributed by atoms with Crippen molar-refractivity contribution in [1.82, 2.24) is 4.98 Å². The van der Waals surface area contributed by atoms with Gasteiger partial charge in [-0.1, -0.05) is 6.07 Å². The minimum Gasteiger partial charge on any atom is -0.387 e. The molecule has 106 valence electrons. The molecule has 0 unspecified atom stereocenters. The van der Waals surface area contributed by atoms with Gasteiger partial charge < -0.3 is 5.11 Å². The van der Waals surface area contributed by atoms with E-state index in [0.29, 0.717) is 11.8 Å². The van der Waals surface area contributed by atoms with Crippen LogP contribution in [0.25, 0.3) is 11.3 Å². The molecule has 2 rings (SSSR count). The van der Waals surface area contributed by atoms with Gasteiger partial charge in [0.2, 0.25) is 0 Å². The normalized spacial score (nSPS) is 13.3. The number of pyridine rings is 1. The van der Waals surface area contributed by atoms with Crippen molar-refractivity contribution in [3.8, 4) is 11.3 Å². The van der Waals surface area contributed by atoms with Crippen LogP contribution in [-0.4, -0.2) is 10.1 Å². The van der Waals surface area contributed by atoms with E-state index in [1.807, 2.05) is 0 Å². The number of aliphatic hydroxyl groups is 1. The third-order valence-electron chi connectivity index (χ3n) is 2.77. The Kier molecular flexibility index (Phi) is 3.76. The van der Waals surface area contributed by atoms with Crippen molar-refractivity contribution < 1.29 is 22.7 Å². The first-order chi connectivity index (χ1) is 9.29. The standard InChI is InChI=1S/C14H11F4NO/c1-8(20)12-3-2-4-13(19-12)9-5-6-11(15)10(7-9)14(16,17)18/h2-8,20H,1H3/t8-/m1/s1. The molecule has 0 amide bonds. The lowest BCUT2D eigenvalue weighted by Crippen LogP contribution is -2.08. The van der Waals surface area contributed by atoms with E-state index < -0.39 is 23.7 Å². The van der Waals surface area contributed by atoms with Gasteiger partial charge in [-0.15, -0.1) is 0 Å². The predicted octanol–water partition coefficient (Wildman–Crippen LogP) is 3.96. The number of aromatic nitrogens is 1. The monoisotopic (exact) mass is 285 g/mol. The van der Waals surface area contributed by atoms with Gasteiger partial charge in [0.1, 0.15) is 5.82 Å². The minimum atomic E-state index is -4.76. The maximum Gasteiger partial charge on any atom is 0.419 e. The van der Waals surface area contributed by atoms with Crippen molar-refractivity contribution in [3.63, 3.8) is 0 Å². The summed E-state index contributed by atoms with van der Waals surface area (Å²) in [4.78, 5) is 4.06. The number of aliphatic hydroxyl groups excluding tert-OH is 1. The molecule has 0 spiro atoms. The summed E-state index contributed by atoms with van der Waals surface area (Å²) >= 11 is 0. The van der Waals surface area contributed by atoms with Gasteiger partial charge in [-0.2, -0.15) is 13.2 Å². The highest BCUT2D eigenvalue weighted by atomic mass is 19.4. The zero-order valence-corrected chi connectivity index (χ0v) is 10.4. The van der Waals surface area contributed by atoms with E-state index in [2.05, 4.69) is 4.98 Å². The Balaban J connectivity index is 2.51. The summed E-state index contributed by atoms with van der Waals surface area (Å²) in [5.74, 6) is -1.33. The first-order valence-corrected chi connectivity index (χ1v) is 5.81. The molecular formula is C14H11F4NO. The van der Waals surface area contributed by atoms with Gasteiger partial charge in [0.05, 0.1) is 23.1 Å². The summed E-state index contributed by atoms with van der Waals surface area (Å²) < 4.78 is 51.2. The second-order valence-electron chi connectivity index (χ2n) is 4.32. The average Bonchev–Trinajstić information content (AvgIpc) is 2.38. The fourth-order valence-electron chi connectivity index (χ4n) is 1.75. The Hall–Kier alpha value is -1.95. The molecule has 0 bridgehead atoms. The third-order valence-corrected chi connectivity index (χ3v) is 2.77. The minimum absolute atomic E-state index is 0.140. The molecule has 0 aliphatic carbocycles. The molecule has 6 heteroatoms. The highest BCUT2D eigenvalue weighted by molar-refractivity contribution is 5.60. The summed E-state index contributed by atoms with van der Waals surface area (Å²) in [6, 6.07) is 7.32. The number of rotatable bonds is 2. The lowest BCUT2D eigenvalue weighted by Gasteiger charge is -2.11. The van der Waals surface area contributed by atoms with E-state index in [9.17, 15) is 22.7 Å². The molecule has 0 aliphatic rings. The zero-order chi connectivity index (χ0) is 14.9. The zero-order valence-electron chi connectivity index (χ0n) is 10.4. The van der Waals surface area contributed by atoms with Crippen LogP contribution in [0, 0.1) is 5.82 Å². The van der Waals surface area contributed by atoms with Crippen molar-refractivity contribution in [2.45, 2.75) is 19.2 Å². The van der Waals surface area contributed by atoms with Crippen LogP contribution in [-0.2, 0) is 6.18 Å². The number of alkyl halides is 3. The topological polar surface area (TPSA) is 33.1 Å². The third kappa shape index (κ3) is 2.96. The maximum absolute atomic E-state index is 13.2. The van der Waals surface area contributed by atoms with Crippen molar-refractivity contribution in [1.29, 1.82) is 0 Å². The molecule has 0 saturated carbocycles. The average molecular weight is 285 g/mol. The van der Waals surface area contributed by atoms with Crippen molar-refractivity contribution >= 4 is 0 Å². The van der Waals surface area contributed by atoms with E-state index in [1.54, 1.807) is 12.1 Å². The lowest BCUT2D eigenvalue weighted by atomic mass is 10.1. The van der Waals surface area contributed by atoms with Crippen LogP contribution in [0.5, 0.6) is 0 Å². The molecule has 0 aliphatic heterocycles. The Labute approximate surface area is 112 Å². The fraction of sp³-hybridized carbons (Fsp3) is 0.214. The Morgan fingerprint density at radius 3 is 2.45 bits per heavy atom. The lowest BCUT2D eigenvalue weighted by molar-refractivity contribution is -0.139. The molecule has 1 N–H and O–H groups in total. The maximum atomic E-state index is 13.2. The molecule has 2 nitrogen and oxygen atoms in total. The summed E-state index contributed by atoms with van der Waals surface area (Å²) in [5, 5.41) is 9.42. The van der Waals surface area contributed by atoms with E-state index in [-0.39, 0.29) is 11.3 Å². The van der Waals surface area contributed by atoms with Crippen LogP contribution in [0.15, 0.2) is 36.4 Å².